The van der Waals surface area contributed by atoms with Crippen LogP contribution in [0.2, 0.25) is 0 Å². The maximum atomic E-state index is 10.3. The average Bonchev–Trinajstić information content (AvgIpc) is 3.21. The Labute approximate surface area is 139 Å². The molecule has 2 heterocycles. The van der Waals surface area contributed by atoms with Crippen LogP contribution in [-0.4, -0.2) is 44.4 Å². The van der Waals surface area contributed by atoms with Gasteiger partial charge in [0.25, 0.3) is 0 Å². The van der Waals surface area contributed by atoms with Gasteiger partial charge in [0, 0.05) is 24.2 Å². The largest absolute Gasteiger partial charge is 0.497 e. The van der Waals surface area contributed by atoms with E-state index in [0.29, 0.717) is 23.9 Å². The molecule has 7 heteroatoms. The quantitative estimate of drug-likeness (QED) is 0.693. The number of nitrogens with zero attached hydrogens (tertiary/aromatic N) is 3. The van der Waals surface area contributed by atoms with E-state index in [9.17, 15) is 5.11 Å². The molecule has 0 unspecified atom stereocenters. The SMILES string of the molecule is COc1cccc(OC[C@@H](O)Cn2ccnc2-c2nc[nH]c2C)c1. The second-order valence-corrected chi connectivity index (χ2v) is 5.42. The molecular weight excluding hydrogens is 308 g/mol. The van der Waals surface area contributed by atoms with Crippen molar-refractivity contribution in [3.8, 4) is 23.0 Å². The second kappa shape index (κ2) is 7.18. The van der Waals surface area contributed by atoms with Crippen LogP contribution in [0.4, 0.5) is 0 Å². The Balaban J connectivity index is 1.62. The van der Waals surface area contributed by atoms with Gasteiger partial charge in [-0.05, 0) is 19.1 Å². The average molecular weight is 328 g/mol. The third kappa shape index (κ3) is 3.57. The number of benzene rings is 1. The number of aromatic nitrogens is 4. The Morgan fingerprint density at radius 1 is 1.29 bits per heavy atom. The zero-order chi connectivity index (χ0) is 16.9. The Bertz CT molecular complexity index is 796. The van der Waals surface area contributed by atoms with Crippen LogP contribution in [0.1, 0.15) is 5.69 Å². The number of hydrogen-bond acceptors (Lipinski definition) is 5. The lowest BCUT2D eigenvalue weighted by Crippen LogP contribution is -2.23. The monoisotopic (exact) mass is 328 g/mol. The standard InChI is InChI=1S/C17H20N4O3/c1-12-16(20-11-19-12)17-18-6-7-21(17)9-13(22)10-24-15-5-3-4-14(8-15)23-2/h3-8,11,13,22H,9-10H2,1-2H3,(H,19,20)/t13-/m0/s1. The smallest absolute Gasteiger partial charge is 0.160 e. The fourth-order valence-electron chi connectivity index (χ4n) is 2.42. The van der Waals surface area contributed by atoms with Gasteiger partial charge in [-0.3, -0.25) is 0 Å². The summed E-state index contributed by atoms with van der Waals surface area (Å²) in [6, 6.07) is 7.29. The molecule has 126 valence electrons. The van der Waals surface area contributed by atoms with E-state index >= 15 is 0 Å². The summed E-state index contributed by atoms with van der Waals surface area (Å²) in [5.74, 6) is 2.09. The summed E-state index contributed by atoms with van der Waals surface area (Å²) in [6.07, 6.45) is 4.46. The number of ether oxygens (including phenoxy) is 2. The molecule has 0 bridgehead atoms. The molecule has 0 fully saturated rings. The number of hydrogen-bond donors (Lipinski definition) is 2. The van der Waals surface area contributed by atoms with Crippen molar-refractivity contribution in [2.24, 2.45) is 0 Å². The van der Waals surface area contributed by atoms with Crippen LogP contribution in [0, 0.1) is 6.92 Å². The minimum Gasteiger partial charge on any atom is -0.497 e. The van der Waals surface area contributed by atoms with Crippen LogP contribution in [-0.2, 0) is 6.54 Å². The van der Waals surface area contributed by atoms with Crippen LogP contribution < -0.4 is 9.47 Å². The molecule has 2 N–H and O–H groups in total. The number of nitrogens with one attached hydrogen (secondary N) is 1. The Kier molecular flexibility index (Phi) is 4.81. The summed E-state index contributed by atoms with van der Waals surface area (Å²) in [7, 11) is 1.60. The highest BCUT2D eigenvalue weighted by atomic mass is 16.5. The first kappa shape index (κ1) is 16.1. The molecule has 2 aromatic heterocycles. The fraction of sp³-hybridized carbons (Fsp3) is 0.294. The fourth-order valence-corrected chi connectivity index (χ4v) is 2.42. The van der Waals surface area contributed by atoms with Crippen LogP contribution in [0.15, 0.2) is 43.0 Å². The van der Waals surface area contributed by atoms with Gasteiger partial charge in [-0.1, -0.05) is 6.07 Å². The second-order valence-electron chi connectivity index (χ2n) is 5.42. The number of aliphatic hydroxyl groups excluding tert-OH is 1. The van der Waals surface area contributed by atoms with E-state index in [2.05, 4.69) is 15.0 Å². The van der Waals surface area contributed by atoms with E-state index in [-0.39, 0.29) is 6.61 Å². The van der Waals surface area contributed by atoms with Gasteiger partial charge in [-0.25, -0.2) is 9.97 Å². The topological polar surface area (TPSA) is 85.2 Å². The highest BCUT2D eigenvalue weighted by Gasteiger charge is 2.14. The molecule has 0 aliphatic rings. The molecule has 24 heavy (non-hydrogen) atoms. The van der Waals surface area contributed by atoms with Gasteiger partial charge in [-0.2, -0.15) is 0 Å². The number of aliphatic hydroxyl groups is 1. The van der Waals surface area contributed by atoms with Gasteiger partial charge >= 0.3 is 0 Å². The summed E-state index contributed by atoms with van der Waals surface area (Å²) in [5, 5.41) is 10.3. The van der Waals surface area contributed by atoms with Crippen LogP contribution in [0.3, 0.4) is 0 Å². The Morgan fingerprint density at radius 3 is 2.88 bits per heavy atom. The zero-order valence-corrected chi connectivity index (χ0v) is 13.6. The van der Waals surface area contributed by atoms with Gasteiger partial charge in [0.15, 0.2) is 5.82 Å². The van der Waals surface area contributed by atoms with Gasteiger partial charge in [0.05, 0.1) is 20.0 Å². The predicted molar refractivity (Wildman–Crippen MR) is 89.0 cm³/mol. The van der Waals surface area contributed by atoms with Crippen molar-refractivity contribution in [2.45, 2.75) is 19.6 Å². The van der Waals surface area contributed by atoms with Crippen molar-refractivity contribution in [1.82, 2.24) is 19.5 Å². The lowest BCUT2D eigenvalue weighted by atomic mass is 10.3. The first-order valence-electron chi connectivity index (χ1n) is 7.63. The number of rotatable bonds is 7. The number of imidazole rings is 2. The Hall–Kier alpha value is -2.80. The van der Waals surface area contributed by atoms with Crippen LogP contribution in [0.5, 0.6) is 11.5 Å². The van der Waals surface area contributed by atoms with Gasteiger partial charge in [-0.15, -0.1) is 0 Å². The normalized spacial score (nSPS) is 12.1. The molecule has 0 saturated carbocycles. The first-order chi connectivity index (χ1) is 11.7. The minimum atomic E-state index is -0.677. The maximum absolute atomic E-state index is 10.3. The van der Waals surface area contributed by atoms with Crippen molar-refractivity contribution in [3.05, 3.63) is 48.7 Å². The molecule has 3 rings (SSSR count). The third-order valence-electron chi connectivity index (χ3n) is 3.65. The number of methoxy groups -OCH3 is 1. The molecule has 0 amide bonds. The number of aromatic amines is 1. The van der Waals surface area contributed by atoms with Crippen molar-refractivity contribution >= 4 is 0 Å². The van der Waals surface area contributed by atoms with Gasteiger partial charge in [0.2, 0.25) is 0 Å². The summed E-state index contributed by atoms with van der Waals surface area (Å²) < 4.78 is 12.6. The zero-order valence-electron chi connectivity index (χ0n) is 13.6. The van der Waals surface area contributed by atoms with Crippen molar-refractivity contribution in [1.29, 1.82) is 0 Å². The molecule has 0 saturated heterocycles. The number of aryl methyl sites for hydroxylation is 1. The molecule has 7 nitrogen and oxygen atoms in total. The summed E-state index contributed by atoms with van der Waals surface area (Å²) >= 11 is 0. The van der Waals surface area contributed by atoms with E-state index in [1.807, 2.05) is 35.9 Å². The lowest BCUT2D eigenvalue weighted by Gasteiger charge is -2.15. The van der Waals surface area contributed by atoms with E-state index in [1.54, 1.807) is 25.7 Å². The molecule has 0 aliphatic carbocycles. The minimum absolute atomic E-state index is 0.171. The van der Waals surface area contributed by atoms with Crippen LogP contribution in [0.25, 0.3) is 11.5 Å². The molecule has 0 spiro atoms. The highest BCUT2D eigenvalue weighted by molar-refractivity contribution is 5.52. The molecule has 0 aliphatic heterocycles. The molecular formula is C17H20N4O3. The highest BCUT2D eigenvalue weighted by Crippen LogP contribution is 2.20. The lowest BCUT2D eigenvalue weighted by molar-refractivity contribution is 0.0927. The van der Waals surface area contributed by atoms with E-state index in [0.717, 1.165) is 11.4 Å². The first-order valence-corrected chi connectivity index (χ1v) is 7.63. The summed E-state index contributed by atoms with van der Waals surface area (Å²) in [4.78, 5) is 11.6. The maximum Gasteiger partial charge on any atom is 0.160 e. The summed E-state index contributed by atoms with van der Waals surface area (Å²) in [5.41, 5.74) is 1.71. The molecule has 0 radical (unpaired) electrons. The van der Waals surface area contributed by atoms with Crippen LogP contribution >= 0.6 is 0 Å². The molecule has 1 atom stereocenters. The molecule has 3 aromatic rings. The van der Waals surface area contributed by atoms with E-state index in [4.69, 9.17) is 9.47 Å². The van der Waals surface area contributed by atoms with E-state index < -0.39 is 6.10 Å². The molecule has 1 aromatic carbocycles. The van der Waals surface area contributed by atoms with Crippen molar-refractivity contribution < 1.29 is 14.6 Å². The predicted octanol–water partition coefficient (Wildman–Crippen LogP) is 2.03. The third-order valence-corrected chi connectivity index (χ3v) is 3.65. The van der Waals surface area contributed by atoms with Gasteiger partial charge in [0.1, 0.15) is 29.9 Å². The van der Waals surface area contributed by atoms with Crippen molar-refractivity contribution in [2.75, 3.05) is 13.7 Å². The summed E-state index contributed by atoms with van der Waals surface area (Å²) in [6.45, 7) is 2.47. The van der Waals surface area contributed by atoms with Gasteiger partial charge < -0.3 is 24.1 Å². The number of H-pyrrole nitrogens is 1. The Morgan fingerprint density at radius 2 is 2.12 bits per heavy atom. The van der Waals surface area contributed by atoms with Crippen molar-refractivity contribution in [3.63, 3.8) is 0 Å². The van der Waals surface area contributed by atoms with E-state index in [1.165, 1.54) is 0 Å².